The molecule has 1 aliphatic heterocycles. The number of ether oxygens (including phenoxy) is 2. The summed E-state index contributed by atoms with van der Waals surface area (Å²) in [6, 6.07) is 4.05. The fraction of sp³-hybridized carbons (Fsp3) is 0.650. The summed E-state index contributed by atoms with van der Waals surface area (Å²) in [5.41, 5.74) is 0.385. The fourth-order valence-corrected chi connectivity index (χ4v) is 6.14. The number of sulfonamides is 1. The Kier molecular flexibility index (Phi) is 7.56. The molecule has 0 radical (unpaired) electrons. The predicted octanol–water partition coefficient (Wildman–Crippen LogP) is 2.79. The Morgan fingerprint density at radius 1 is 1.21 bits per heavy atom. The van der Waals surface area contributed by atoms with Gasteiger partial charge >= 0.3 is 0 Å². The van der Waals surface area contributed by atoms with E-state index >= 15 is 0 Å². The molecule has 29 heavy (non-hydrogen) atoms. The molecule has 1 atom stereocenters. The molecule has 1 aromatic carbocycles. The molecular weight excluding hydrogens is 412 g/mol. The minimum atomic E-state index is -3.67. The van der Waals surface area contributed by atoms with Crippen molar-refractivity contribution >= 4 is 33.4 Å². The summed E-state index contributed by atoms with van der Waals surface area (Å²) in [5, 5.41) is 3.57. The molecule has 1 aliphatic carbocycles. The maximum Gasteiger partial charge on any atom is 0.243 e. The molecule has 162 valence electrons. The molecule has 1 saturated carbocycles. The number of rotatable bonds is 8. The van der Waals surface area contributed by atoms with Gasteiger partial charge < -0.3 is 14.8 Å². The third-order valence-corrected chi connectivity index (χ3v) is 7.80. The summed E-state index contributed by atoms with van der Waals surface area (Å²) in [4.78, 5) is 12.7. The number of carbonyl (C=O) groups is 1. The smallest absolute Gasteiger partial charge is 0.243 e. The van der Waals surface area contributed by atoms with Crippen molar-refractivity contribution in [1.29, 1.82) is 0 Å². The van der Waals surface area contributed by atoms with Crippen LogP contribution >= 0.6 is 11.8 Å². The highest BCUT2D eigenvalue weighted by atomic mass is 32.2. The number of benzene rings is 1. The summed E-state index contributed by atoms with van der Waals surface area (Å²) in [5.74, 6) is 1.59. The van der Waals surface area contributed by atoms with Crippen molar-refractivity contribution < 1.29 is 22.7 Å². The first-order valence-corrected chi connectivity index (χ1v) is 13.0. The number of hydrogen-bond acceptors (Lipinski definition) is 6. The van der Waals surface area contributed by atoms with Crippen LogP contribution in [0.4, 0.5) is 5.69 Å². The van der Waals surface area contributed by atoms with Crippen LogP contribution in [0.15, 0.2) is 18.2 Å². The lowest BCUT2D eigenvalue weighted by molar-refractivity contribution is -0.121. The maximum absolute atomic E-state index is 12.7. The molecule has 9 heteroatoms. The van der Waals surface area contributed by atoms with Gasteiger partial charge in [-0.25, -0.2) is 8.42 Å². The van der Waals surface area contributed by atoms with E-state index < -0.39 is 16.1 Å². The van der Waals surface area contributed by atoms with E-state index in [1.54, 1.807) is 25.1 Å². The zero-order valence-corrected chi connectivity index (χ0v) is 18.7. The number of nitrogens with one attached hydrogen (secondary N) is 1. The van der Waals surface area contributed by atoms with Crippen LogP contribution < -0.4 is 19.1 Å². The van der Waals surface area contributed by atoms with Gasteiger partial charge in [0, 0.05) is 23.6 Å². The molecule has 2 aliphatic rings. The molecule has 1 fully saturated rings. The number of fused-ring (bicyclic) bond motifs is 1. The minimum Gasteiger partial charge on any atom is -0.486 e. The Morgan fingerprint density at radius 3 is 2.59 bits per heavy atom. The predicted molar refractivity (Wildman–Crippen MR) is 117 cm³/mol. The first kappa shape index (κ1) is 22.1. The van der Waals surface area contributed by atoms with Crippen molar-refractivity contribution in [1.82, 2.24) is 5.32 Å². The van der Waals surface area contributed by atoms with E-state index in [4.69, 9.17) is 9.47 Å². The Bertz CT molecular complexity index is 809. The van der Waals surface area contributed by atoms with Gasteiger partial charge in [-0.05, 0) is 31.9 Å². The Labute approximate surface area is 177 Å². The fourth-order valence-electron chi connectivity index (χ4n) is 3.76. The average Bonchev–Trinajstić information content (AvgIpc) is 2.70. The lowest BCUT2D eigenvalue weighted by Crippen LogP contribution is -2.48. The second-order valence-electron chi connectivity index (χ2n) is 7.48. The van der Waals surface area contributed by atoms with Gasteiger partial charge in [0.25, 0.3) is 0 Å². The van der Waals surface area contributed by atoms with Gasteiger partial charge in [-0.1, -0.05) is 19.3 Å². The molecule has 7 nitrogen and oxygen atoms in total. The van der Waals surface area contributed by atoms with E-state index in [2.05, 4.69) is 5.32 Å². The standard InChI is InChI=1S/C20H30N2O5S2/c1-15(20(23)21-10-13-28-17-6-4-3-5-7-17)22(29(2,24)25)16-8-9-18-19(14-16)27-12-11-26-18/h8-9,14-15,17H,3-7,10-13H2,1-2H3,(H,21,23)/t15-/m0/s1. The van der Waals surface area contributed by atoms with Crippen molar-refractivity contribution in [3.05, 3.63) is 18.2 Å². The van der Waals surface area contributed by atoms with Crippen molar-refractivity contribution in [2.24, 2.45) is 0 Å². The molecule has 1 aromatic rings. The van der Waals surface area contributed by atoms with E-state index in [9.17, 15) is 13.2 Å². The van der Waals surface area contributed by atoms with Gasteiger partial charge in [-0.3, -0.25) is 9.10 Å². The van der Waals surface area contributed by atoms with Crippen LogP contribution in [0.3, 0.4) is 0 Å². The number of amides is 1. The normalized spacial score (nSPS) is 18.1. The van der Waals surface area contributed by atoms with Gasteiger partial charge in [-0.2, -0.15) is 11.8 Å². The van der Waals surface area contributed by atoms with Gasteiger partial charge in [0.05, 0.1) is 11.9 Å². The highest BCUT2D eigenvalue weighted by Gasteiger charge is 2.30. The number of thioether (sulfide) groups is 1. The van der Waals surface area contributed by atoms with E-state index in [1.807, 2.05) is 11.8 Å². The van der Waals surface area contributed by atoms with E-state index in [1.165, 1.54) is 32.1 Å². The number of nitrogens with zero attached hydrogens (tertiary/aromatic N) is 1. The topological polar surface area (TPSA) is 84.9 Å². The van der Waals surface area contributed by atoms with Crippen LogP contribution in [0.25, 0.3) is 0 Å². The quantitative estimate of drug-likeness (QED) is 0.623. The molecule has 0 unspecified atom stereocenters. The SMILES string of the molecule is C[C@@H](C(=O)NCCSC1CCCCC1)N(c1ccc2c(c1)OCCO2)S(C)(=O)=O. The first-order chi connectivity index (χ1) is 13.9. The number of hydrogen-bond donors (Lipinski definition) is 1. The summed E-state index contributed by atoms with van der Waals surface area (Å²) in [6.45, 7) is 2.99. The number of carbonyl (C=O) groups excluding carboxylic acids is 1. The average molecular weight is 443 g/mol. The van der Waals surface area contributed by atoms with Gasteiger partial charge in [0.15, 0.2) is 11.5 Å². The molecule has 1 N–H and O–H groups in total. The lowest BCUT2D eigenvalue weighted by atomic mass is 10.0. The highest BCUT2D eigenvalue weighted by Crippen LogP contribution is 2.35. The van der Waals surface area contributed by atoms with Gasteiger partial charge in [0.1, 0.15) is 19.3 Å². The minimum absolute atomic E-state index is 0.311. The van der Waals surface area contributed by atoms with Crippen LogP contribution in [0.1, 0.15) is 39.0 Å². The van der Waals surface area contributed by atoms with Crippen molar-refractivity contribution in [2.75, 3.05) is 36.1 Å². The van der Waals surface area contributed by atoms with Gasteiger partial charge in [-0.15, -0.1) is 0 Å². The second-order valence-corrected chi connectivity index (χ2v) is 10.8. The van der Waals surface area contributed by atoms with Crippen molar-refractivity contribution in [3.8, 4) is 11.5 Å². The van der Waals surface area contributed by atoms with Crippen LogP contribution in [0.2, 0.25) is 0 Å². The largest absolute Gasteiger partial charge is 0.486 e. The van der Waals surface area contributed by atoms with E-state index in [0.717, 1.165) is 16.3 Å². The number of anilines is 1. The molecule has 1 amide bonds. The van der Waals surface area contributed by atoms with Crippen molar-refractivity contribution in [3.63, 3.8) is 0 Å². The maximum atomic E-state index is 12.7. The molecule has 3 rings (SSSR count). The summed E-state index contributed by atoms with van der Waals surface area (Å²) in [6.07, 6.45) is 7.51. The van der Waals surface area contributed by atoms with Gasteiger partial charge in [0.2, 0.25) is 15.9 Å². The molecule has 0 spiro atoms. The molecule has 0 bridgehead atoms. The van der Waals surface area contributed by atoms with Crippen LogP contribution in [0, 0.1) is 0 Å². The van der Waals surface area contributed by atoms with Crippen LogP contribution in [-0.4, -0.2) is 57.4 Å². The van der Waals surface area contributed by atoms with E-state index in [-0.39, 0.29) is 5.91 Å². The molecular formula is C20H30N2O5S2. The second kappa shape index (κ2) is 9.93. The molecule has 1 heterocycles. The third-order valence-electron chi connectivity index (χ3n) is 5.18. The zero-order chi connectivity index (χ0) is 20.9. The van der Waals surface area contributed by atoms with Crippen LogP contribution in [0.5, 0.6) is 11.5 Å². The first-order valence-electron chi connectivity index (χ1n) is 10.1. The Morgan fingerprint density at radius 2 is 1.90 bits per heavy atom. The molecule has 0 aromatic heterocycles. The third kappa shape index (κ3) is 5.94. The monoisotopic (exact) mass is 442 g/mol. The summed E-state index contributed by atoms with van der Waals surface area (Å²) < 4.78 is 37.1. The zero-order valence-electron chi connectivity index (χ0n) is 17.1. The van der Waals surface area contributed by atoms with Crippen molar-refractivity contribution in [2.45, 2.75) is 50.3 Å². The summed E-state index contributed by atoms with van der Waals surface area (Å²) in [7, 11) is -3.67. The van der Waals surface area contributed by atoms with E-state index in [0.29, 0.717) is 42.2 Å². The highest BCUT2D eigenvalue weighted by molar-refractivity contribution is 7.99. The Hall–Kier alpha value is -1.61. The van der Waals surface area contributed by atoms with Crippen LogP contribution in [-0.2, 0) is 14.8 Å². The summed E-state index contributed by atoms with van der Waals surface area (Å²) >= 11 is 1.90. The Balaban J connectivity index is 1.61. The lowest BCUT2D eigenvalue weighted by Gasteiger charge is -2.29. The molecule has 0 saturated heterocycles.